The molecule has 0 bridgehead atoms. The maximum absolute atomic E-state index is 12.9. The molecule has 1 aromatic rings. The van der Waals surface area contributed by atoms with Crippen molar-refractivity contribution >= 4 is 20.0 Å². The second-order valence-electron chi connectivity index (χ2n) is 6.36. The fraction of sp³-hybridized carbons (Fsp3) is 0.500. The molecule has 0 spiro atoms. The number of methoxy groups -OCH3 is 1. The Kier molecular flexibility index (Phi) is 6.05. The average molecular weight is 323 g/mol. The summed E-state index contributed by atoms with van der Waals surface area (Å²) in [5, 5.41) is 0. The van der Waals surface area contributed by atoms with Crippen LogP contribution in [0.15, 0.2) is 30.3 Å². The number of rotatable bonds is 7. The SMILES string of the molecule is COCN(C)C(=O)C(C)(O[Si](C)(C)C)C(=O)c1ccccc1. The number of carbonyl (C=O) groups is 2. The van der Waals surface area contributed by atoms with E-state index in [1.165, 1.54) is 12.0 Å². The lowest BCUT2D eigenvalue weighted by Gasteiger charge is -2.36. The Hall–Kier alpha value is -1.50. The minimum atomic E-state index is -2.13. The molecule has 0 radical (unpaired) electrons. The third-order valence-electron chi connectivity index (χ3n) is 3.06. The van der Waals surface area contributed by atoms with Gasteiger partial charge in [0.1, 0.15) is 6.73 Å². The summed E-state index contributed by atoms with van der Waals surface area (Å²) in [6, 6.07) is 8.75. The Morgan fingerprint density at radius 3 is 2.18 bits per heavy atom. The standard InChI is InChI=1S/C16H25NO4Si/c1-16(21-22(4,5)6,15(19)17(2)12-20-3)14(18)13-10-8-7-9-11-13/h7-11H,12H2,1-6H3. The van der Waals surface area contributed by atoms with Crippen LogP contribution >= 0.6 is 0 Å². The molecule has 1 unspecified atom stereocenters. The molecule has 0 saturated heterocycles. The second-order valence-corrected chi connectivity index (χ2v) is 10.8. The van der Waals surface area contributed by atoms with Gasteiger partial charge in [0.25, 0.3) is 5.91 Å². The summed E-state index contributed by atoms with van der Waals surface area (Å²) >= 11 is 0. The number of nitrogens with zero attached hydrogens (tertiary/aromatic N) is 1. The predicted octanol–water partition coefficient (Wildman–Crippen LogP) is 2.54. The van der Waals surface area contributed by atoms with Gasteiger partial charge in [0.15, 0.2) is 13.9 Å². The third kappa shape index (κ3) is 4.49. The quantitative estimate of drug-likeness (QED) is 0.335. The molecule has 1 rings (SSSR count). The minimum absolute atomic E-state index is 0.103. The Morgan fingerprint density at radius 1 is 1.18 bits per heavy atom. The molecule has 6 heteroatoms. The van der Waals surface area contributed by atoms with Gasteiger partial charge in [-0.1, -0.05) is 30.3 Å². The topological polar surface area (TPSA) is 55.8 Å². The number of amides is 1. The molecule has 1 amide bonds. The van der Waals surface area contributed by atoms with Gasteiger partial charge in [-0.05, 0) is 26.6 Å². The Bertz CT molecular complexity index is 527. The zero-order valence-electron chi connectivity index (χ0n) is 14.2. The summed E-state index contributed by atoms with van der Waals surface area (Å²) in [6.07, 6.45) is 0. The van der Waals surface area contributed by atoms with Gasteiger partial charge in [-0.15, -0.1) is 0 Å². The zero-order chi connectivity index (χ0) is 17.0. The smallest absolute Gasteiger partial charge is 0.263 e. The number of ketones is 1. The van der Waals surface area contributed by atoms with Crippen molar-refractivity contribution in [3.63, 3.8) is 0 Å². The van der Waals surface area contributed by atoms with Crippen LogP contribution in [0, 0.1) is 0 Å². The normalized spacial score (nSPS) is 14.3. The van der Waals surface area contributed by atoms with E-state index in [1.807, 2.05) is 25.7 Å². The van der Waals surface area contributed by atoms with E-state index >= 15 is 0 Å². The highest BCUT2D eigenvalue weighted by Crippen LogP contribution is 2.25. The van der Waals surface area contributed by atoms with Gasteiger partial charge in [0.2, 0.25) is 5.78 Å². The maximum atomic E-state index is 12.9. The molecule has 5 nitrogen and oxygen atoms in total. The van der Waals surface area contributed by atoms with Gasteiger partial charge in [-0.2, -0.15) is 0 Å². The molecule has 0 heterocycles. The van der Waals surface area contributed by atoms with E-state index in [9.17, 15) is 9.59 Å². The van der Waals surface area contributed by atoms with Crippen LogP contribution in [0.5, 0.6) is 0 Å². The van der Waals surface area contributed by atoms with E-state index in [4.69, 9.17) is 9.16 Å². The van der Waals surface area contributed by atoms with Gasteiger partial charge in [-0.25, -0.2) is 0 Å². The van der Waals surface area contributed by atoms with Crippen LogP contribution in [0.3, 0.4) is 0 Å². The van der Waals surface area contributed by atoms with Gasteiger partial charge in [0.05, 0.1) is 0 Å². The summed E-state index contributed by atoms with van der Waals surface area (Å²) in [4.78, 5) is 27.0. The average Bonchev–Trinajstić information content (AvgIpc) is 2.45. The molecule has 0 aromatic heterocycles. The molecular weight excluding hydrogens is 298 g/mol. The van der Waals surface area contributed by atoms with Crippen molar-refractivity contribution in [2.75, 3.05) is 20.9 Å². The first kappa shape index (κ1) is 18.5. The number of ether oxygens (including phenoxy) is 1. The van der Waals surface area contributed by atoms with Crippen LogP contribution in [0.4, 0.5) is 0 Å². The van der Waals surface area contributed by atoms with Crippen LogP contribution in [0.1, 0.15) is 17.3 Å². The molecule has 1 aromatic carbocycles. The van der Waals surface area contributed by atoms with Crippen LogP contribution < -0.4 is 0 Å². The number of carbonyl (C=O) groups excluding carboxylic acids is 2. The number of Topliss-reactive ketones (excluding diaryl/α,β-unsaturated/α-hetero) is 1. The largest absolute Gasteiger partial charge is 0.398 e. The highest BCUT2D eigenvalue weighted by molar-refractivity contribution is 6.70. The molecule has 1 atom stereocenters. The molecule has 0 aliphatic heterocycles. The second kappa shape index (κ2) is 7.17. The zero-order valence-corrected chi connectivity index (χ0v) is 15.2. The van der Waals surface area contributed by atoms with Crippen molar-refractivity contribution in [2.45, 2.75) is 32.2 Å². The van der Waals surface area contributed by atoms with E-state index in [0.717, 1.165) is 0 Å². The van der Waals surface area contributed by atoms with Gasteiger partial charge < -0.3 is 14.1 Å². The van der Waals surface area contributed by atoms with Gasteiger partial charge >= 0.3 is 0 Å². The highest BCUT2D eigenvalue weighted by Gasteiger charge is 2.47. The maximum Gasteiger partial charge on any atom is 0.263 e. The van der Waals surface area contributed by atoms with Gasteiger partial charge in [0, 0.05) is 19.7 Å². The lowest BCUT2D eigenvalue weighted by Crippen LogP contribution is -2.57. The molecular formula is C16H25NO4Si. The third-order valence-corrected chi connectivity index (χ3v) is 4.08. The fourth-order valence-corrected chi connectivity index (χ4v) is 3.69. The summed E-state index contributed by atoms with van der Waals surface area (Å²) < 4.78 is 11.0. The van der Waals surface area contributed by atoms with Crippen LogP contribution in [-0.2, 0) is 14.0 Å². The Balaban J connectivity index is 3.22. The number of likely N-dealkylation sites (N-methyl/N-ethyl adjacent to an activating group) is 1. The van der Waals surface area contributed by atoms with Crippen LogP contribution in [0.2, 0.25) is 19.6 Å². The number of benzene rings is 1. The van der Waals surface area contributed by atoms with Crippen molar-refractivity contribution in [1.82, 2.24) is 4.90 Å². The lowest BCUT2D eigenvalue weighted by atomic mass is 9.93. The first-order valence-electron chi connectivity index (χ1n) is 7.16. The lowest BCUT2D eigenvalue weighted by molar-refractivity contribution is -0.146. The summed E-state index contributed by atoms with van der Waals surface area (Å²) in [5.41, 5.74) is -1.08. The molecule has 22 heavy (non-hydrogen) atoms. The van der Waals surface area contributed by atoms with E-state index in [1.54, 1.807) is 38.2 Å². The van der Waals surface area contributed by atoms with Crippen LogP contribution in [-0.4, -0.2) is 51.4 Å². The van der Waals surface area contributed by atoms with Crippen molar-refractivity contribution in [3.05, 3.63) is 35.9 Å². The van der Waals surface area contributed by atoms with Crippen molar-refractivity contribution in [3.8, 4) is 0 Å². The summed E-state index contributed by atoms with van der Waals surface area (Å²) in [7, 11) is 0.964. The van der Waals surface area contributed by atoms with Crippen molar-refractivity contribution in [2.24, 2.45) is 0 Å². The number of hydrogen-bond donors (Lipinski definition) is 0. The summed E-state index contributed by atoms with van der Waals surface area (Å²) in [5.74, 6) is -0.728. The first-order valence-corrected chi connectivity index (χ1v) is 10.6. The number of hydrogen-bond acceptors (Lipinski definition) is 4. The molecule has 0 fully saturated rings. The Labute approximate surface area is 133 Å². The van der Waals surface area contributed by atoms with Crippen LogP contribution in [0.25, 0.3) is 0 Å². The Morgan fingerprint density at radius 2 is 1.73 bits per heavy atom. The molecule has 122 valence electrons. The van der Waals surface area contributed by atoms with E-state index in [0.29, 0.717) is 5.56 Å². The van der Waals surface area contributed by atoms with E-state index in [2.05, 4.69) is 0 Å². The summed E-state index contributed by atoms with van der Waals surface area (Å²) in [6.45, 7) is 7.51. The predicted molar refractivity (Wildman–Crippen MR) is 88.3 cm³/mol. The molecule has 0 aliphatic rings. The minimum Gasteiger partial charge on any atom is -0.398 e. The van der Waals surface area contributed by atoms with E-state index < -0.39 is 19.8 Å². The van der Waals surface area contributed by atoms with Crippen molar-refractivity contribution < 1.29 is 18.8 Å². The fourth-order valence-electron chi connectivity index (χ4n) is 2.28. The first-order chi connectivity index (χ1) is 10.1. The van der Waals surface area contributed by atoms with Crippen molar-refractivity contribution in [1.29, 1.82) is 0 Å². The monoisotopic (exact) mass is 323 g/mol. The molecule has 0 N–H and O–H groups in total. The van der Waals surface area contributed by atoms with Gasteiger partial charge in [-0.3, -0.25) is 9.59 Å². The molecule has 0 saturated carbocycles. The highest BCUT2D eigenvalue weighted by atomic mass is 28.4. The molecule has 0 aliphatic carbocycles. The van der Waals surface area contributed by atoms with E-state index in [-0.39, 0.29) is 12.5 Å².